The van der Waals surface area contributed by atoms with E-state index in [2.05, 4.69) is 9.52 Å². The van der Waals surface area contributed by atoms with Crippen molar-refractivity contribution in [3.8, 4) is 11.8 Å². The maximum absolute atomic E-state index is 12.3. The Morgan fingerprint density at radius 3 is 2.82 bits per heavy atom. The Morgan fingerprint density at radius 1 is 1.47 bits per heavy atom. The van der Waals surface area contributed by atoms with Crippen molar-refractivity contribution >= 4 is 0 Å². The molecule has 0 bridgehead atoms. The third-order valence-electron chi connectivity index (χ3n) is 1.97. The smallest absolute Gasteiger partial charge is 0.386 e. The Kier molecular flexibility index (Phi) is 2.70. The molecule has 0 radical (unpaired) electrons. The fourth-order valence-electron chi connectivity index (χ4n) is 1.25. The first-order valence-electron chi connectivity index (χ1n) is 4.50. The summed E-state index contributed by atoms with van der Waals surface area (Å²) in [7, 11) is 0. The lowest BCUT2D eigenvalue weighted by atomic mass is 10.2. The minimum absolute atomic E-state index is 0.199. The average molecular weight is 237 g/mol. The van der Waals surface area contributed by atoms with Gasteiger partial charge in [0.1, 0.15) is 0 Å². The summed E-state index contributed by atoms with van der Waals surface area (Å²) in [5.41, 5.74) is 0.487. The minimum Gasteiger partial charge on any atom is -0.386 e. The number of alkyl halides is 2. The van der Waals surface area contributed by atoms with E-state index in [1.807, 2.05) is 6.07 Å². The number of rotatable bonds is 2. The molecule has 0 atom stereocenters. The Morgan fingerprint density at radius 2 is 2.24 bits per heavy atom. The van der Waals surface area contributed by atoms with Crippen LogP contribution in [0.2, 0.25) is 0 Å². The van der Waals surface area contributed by atoms with Crippen LogP contribution in [0, 0.1) is 11.3 Å². The highest BCUT2D eigenvalue weighted by atomic mass is 19.3. The fourth-order valence-corrected chi connectivity index (χ4v) is 1.25. The molecule has 1 aromatic carbocycles. The van der Waals surface area contributed by atoms with E-state index in [0.717, 1.165) is 0 Å². The third kappa shape index (κ3) is 2.06. The summed E-state index contributed by atoms with van der Waals surface area (Å²) >= 11 is 0. The van der Waals surface area contributed by atoms with Gasteiger partial charge in [-0.15, -0.1) is 5.10 Å². The lowest BCUT2D eigenvalue weighted by molar-refractivity contribution is 0.113. The number of halogens is 2. The quantitative estimate of drug-likeness (QED) is 0.795. The minimum atomic E-state index is -2.96. The van der Waals surface area contributed by atoms with E-state index in [1.165, 1.54) is 24.3 Å². The van der Waals surface area contributed by atoms with Crippen molar-refractivity contribution in [2.75, 3.05) is 0 Å². The van der Waals surface area contributed by atoms with E-state index in [9.17, 15) is 13.6 Å². The van der Waals surface area contributed by atoms with Crippen LogP contribution >= 0.6 is 0 Å². The third-order valence-corrected chi connectivity index (χ3v) is 1.97. The first kappa shape index (κ1) is 11.0. The van der Waals surface area contributed by atoms with Crippen LogP contribution in [0.3, 0.4) is 0 Å². The van der Waals surface area contributed by atoms with Crippen molar-refractivity contribution < 1.29 is 13.2 Å². The SMILES string of the molecule is N#Cc1cccc(-n2nc(C(F)F)oc2=O)c1. The van der Waals surface area contributed by atoms with Crippen LogP contribution in [0.5, 0.6) is 0 Å². The van der Waals surface area contributed by atoms with Gasteiger partial charge < -0.3 is 4.42 Å². The maximum Gasteiger partial charge on any atom is 0.442 e. The van der Waals surface area contributed by atoms with Gasteiger partial charge in [0.15, 0.2) is 0 Å². The molecule has 0 aliphatic heterocycles. The summed E-state index contributed by atoms with van der Waals surface area (Å²) in [6.45, 7) is 0. The molecule has 0 unspecified atom stereocenters. The summed E-state index contributed by atoms with van der Waals surface area (Å²) in [5.74, 6) is -1.97. The van der Waals surface area contributed by atoms with Crippen LogP contribution in [-0.2, 0) is 0 Å². The molecular weight excluding hydrogens is 232 g/mol. The van der Waals surface area contributed by atoms with Crippen LogP contribution < -0.4 is 5.76 Å². The van der Waals surface area contributed by atoms with Gasteiger partial charge in [0, 0.05) is 0 Å². The van der Waals surface area contributed by atoms with E-state index < -0.39 is 18.1 Å². The second-order valence-corrected chi connectivity index (χ2v) is 3.08. The number of nitrogens with zero attached hydrogens (tertiary/aromatic N) is 3. The van der Waals surface area contributed by atoms with E-state index in [-0.39, 0.29) is 11.3 Å². The predicted molar refractivity (Wildman–Crippen MR) is 51.8 cm³/mol. The largest absolute Gasteiger partial charge is 0.442 e. The number of benzene rings is 1. The van der Waals surface area contributed by atoms with Gasteiger partial charge in [0.2, 0.25) is 0 Å². The molecule has 17 heavy (non-hydrogen) atoms. The summed E-state index contributed by atoms with van der Waals surface area (Å²) in [6, 6.07) is 7.70. The van der Waals surface area contributed by atoms with E-state index in [4.69, 9.17) is 5.26 Å². The van der Waals surface area contributed by atoms with Gasteiger partial charge >= 0.3 is 12.2 Å². The molecule has 0 fully saturated rings. The van der Waals surface area contributed by atoms with Crippen LogP contribution in [0.1, 0.15) is 17.9 Å². The molecule has 0 amide bonds. The standard InChI is InChI=1S/C10H5F2N3O2/c11-8(12)9-14-15(10(16)17-9)7-3-1-2-6(4-7)5-13/h1-4,8H. The van der Waals surface area contributed by atoms with E-state index in [1.54, 1.807) is 0 Å². The molecule has 0 N–H and O–H groups in total. The molecule has 0 spiro atoms. The second kappa shape index (κ2) is 4.17. The van der Waals surface area contributed by atoms with Crippen molar-refractivity contribution in [3.05, 3.63) is 46.3 Å². The molecule has 0 saturated carbocycles. The van der Waals surface area contributed by atoms with E-state index in [0.29, 0.717) is 4.68 Å². The first-order chi connectivity index (χ1) is 8.11. The average Bonchev–Trinajstić information content (AvgIpc) is 2.72. The number of aromatic nitrogens is 2. The molecule has 0 aliphatic carbocycles. The number of hydrogen-bond acceptors (Lipinski definition) is 4. The van der Waals surface area contributed by atoms with Crippen LogP contribution in [0.4, 0.5) is 8.78 Å². The van der Waals surface area contributed by atoms with Crippen molar-refractivity contribution in [2.24, 2.45) is 0 Å². The van der Waals surface area contributed by atoms with Gasteiger partial charge in [-0.3, -0.25) is 0 Å². The molecular formula is C10H5F2N3O2. The monoisotopic (exact) mass is 237 g/mol. The van der Waals surface area contributed by atoms with Crippen molar-refractivity contribution in [1.29, 1.82) is 5.26 Å². The zero-order valence-corrected chi connectivity index (χ0v) is 8.30. The zero-order chi connectivity index (χ0) is 12.4. The molecule has 5 nitrogen and oxygen atoms in total. The molecule has 7 heteroatoms. The maximum atomic E-state index is 12.3. The highest BCUT2D eigenvalue weighted by molar-refractivity contribution is 5.40. The van der Waals surface area contributed by atoms with Gasteiger partial charge in [-0.05, 0) is 18.2 Å². The normalized spacial score (nSPS) is 10.5. The fraction of sp³-hybridized carbons (Fsp3) is 0.100. The summed E-state index contributed by atoms with van der Waals surface area (Å²) in [6.07, 6.45) is -2.96. The number of hydrogen-bond donors (Lipinski definition) is 0. The van der Waals surface area contributed by atoms with Gasteiger partial charge in [-0.2, -0.15) is 18.7 Å². The highest BCUT2D eigenvalue weighted by Gasteiger charge is 2.18. The summed E-state index contributed by atoms with van der Waals surface area (Å²) in [4.78, 5) is 11.3. The van der Waals surface area contributed by atoms with Gasteiger partial charge in [0.25, 0.3) is 5.89 Å². The van der Waals surface area contributed by atoms with Gasteiger partial charge in [-0.25, -0.2) is 4.79 Å². The Bertz CT molecular complexity index is 639. The predicted octanol–water partition coefficient (Wildman–Crippen LogP) is 1.63. The zero-order valence-electron chi connectivity index (χ0n) is 8.30. The van der Waals surface area contributed by atoms with Crippen LogP contribution in [0.25, 0.3) is 5.69 Å². The van der Waals surface area contributed by atoms with Crippen LogP contribution in [0.15, 0.2) is 33.5 Å². The highest BCUT2D eigenvalue weighted by Crippen LogP contribution is 2.15. The Hall–Kier alpha value is -2.49. The Balaban J connectivity index is 2.53. The van der Waals surface area contributed by atoms with Crippen molar-refractivity contribution in [3.63, 3.8) is 0 Å². The lowest BCUT2D eigenvalue weighted by Gasteiger charge is -1.97. The second-order valence-electron chi connectivity index (χ2n) is 3.08. The molecule has 86 valence electrons. The summed E-state index contributed by atoms with van der Waals surface area (Å²) in [5, 5.41) is 12.0. The molecule has 1 aromatic heterocycles. The lowest BCUT2D eigenvalue weighted by Crippen LogP contribution is -2.13. The molecule has 1 heterocycles. The molecule has 0 saturated heterocycles. The van der Waals surface area contributed by atoms with E-state index >= 15 is 0 Å². The number of nitriles is 1. The topological polar surface area (TPSA) is 71.8 Å². The first-order valence-corrected chi connectivity index (χ1v) is 4.50. The van der Waals surface area contributed by atoms with Crippen molar-refractivity contribution in [1.82, 2.24) is 9.78 Å². The van der Waals surface area contributed by atoms with Crippen molar-refractivity contribution in [2.45, 2.75) is 6.43 Å². The molecule has 2 aromatic rings. The Labute approximate surface area is 93.5 Å². The molecule has 2 rings (SSSR count). The van der Waals surface area contributed by atoms with Gasteiger partial charge in [0.05, 0.1) is 17.3 Å². The summed E-state index contributed by atoms with van der Waals surface area (Å²) < 4.78 is 29.5. The van der Waals surface area contributed by atoms with Crippen LogP contribution in [-0.4, -0.2) is 9.78 Å². The molecule has 0 aliphatic rings. The van der Waals surface area contributed by atoms with Gasteiger partial charge in [-0.1, -0.05) is 6.07 Å².